The Morgan fingerprint density at radius 1 is 1.33 bits per heavy atom. The number of carbonyl (C=O) groups is 1. The molecule has 94 valence electrons. The second-order valence-corrected chi connectivity index (χ2v) is 5.37. The quantitative estimate of drug-likeness (QED) is 0.918. The predicted octanol–water partition coefficient (Wildman–Crippen LogP) is 3.62. The molecule has 0 saturated carbocycles. The fourth-order valence-corrected chi connectivity index (χ4v) is 3.05. The Hall–Kier alpha value is -1.68. The van der Waals surface area contributed by atoms with Crippen LogP contribution in [0.15, 0.2) is 24.3 Å². The molecular formula is C14H15NO2S. The number of rotatable bonds is 3. The molecule has 0 aliphatic carbocycles. The summed E-state index contributed by atoms with van der Waals surface area (Å²) < 4.78 is 0. The number of thiazole rings is 1. The minimum atomic E-state index is -0.807. The summed E-state index contributed by atoms with van der Waals surface area (Å²) in [5, 5.41) is 9.97. The van der Waals surface area contributed by atoms with Gasteiger partial charge in [-0.15, -0.1) is 11.3 Å². The van der Waals surface area contributed by atoms with Crippen LogP contribution < -0.4 is 0 Å². The van der Waals surface area contributed by atoms with Gasteiger partial charge in [-0.25, -0.2) is 4.98 Å². The molecule has 1 heterocycles. The van der Waals surface area contributed by atoms with Crippen molar-refractivity contribution < 1.29 is 9.90 Å². The number of aromatic nitrogens is 1. The van der Waals surface area contributed by atoms with Crippen LogP contribution in [-0.2, 0) is 4.79 Å². The standard InChI is InChI=1S/C14H15NO2S/c1-8-6-4-5-7-11(8)13-15-10(3)12(18-13)9(2)14(16)17/h4-7,9H,1-3H3,(H,16,17). The first-order chi connectivity index (χ1) is 8.50. The Kier molecular flexibility index (Phi) is 3.48. The minimum Gasteiger partial charge on any atom is -0.481 e. The van der Waals surface area contributed by atoms with Crippen LogP contribution in [0.5, 0.6) is 0 Å². The largest absolute Gasteiger partial charge is 0.481 e. The zero-order valence-electron chi connectivity index (χ0n) is 10.6. The van der Waals surface area contributed by atoms with Crippen LogP contribution in [0.3, 0.4) is 0 Å². The highest BCUT2D eigenvalue weighted by molar-refractivity contribution is 7.15. The van der Waals surface area contributed by atoms with E-state index in [1.165, 1.54) is 11.3 Å². The molecule has 1 unspecified atom stereocenters. The average molecular weight is 261 g/mol. The third-order valence-electron chi connectivity index (χ3n) is 2.97. The molecule has 1 aromatic carbocycles. The van der Waals surface area contributed by atoms with Crippen molar-refractivity contribution in [2.24, 2.45) is 0 Å². The molecule has 1 N–H and O–H groups in total. The molecule has 0 saturated heterocycles. The maximum Gasteiger partial charge on any atom is 0.311 e. The summed E-state index contributed by atoms with van der Waals surface area (Å²) in [6.45, 7) is 5.60. The summed E-state index contributed by atoms with van der Waals surface area (Å²) in [4.78, 5) is 16.4. The lowest BCUT2D eigenvalue weighted by Gasteiger charge is -2.02. The summed E-state index contributed by atoms with van der Waals surface area (Å²) >= 11 is 1.47. The lowest BCUT2D eigenvalue weighted by Crippen LogP contribution is -2.06. The van der Waals surface area contributed by atoms with E-state index in [2.05, 4.69) is 4.98 Å². The third-order valence-corrected chi connectivity index (χ3v) is 4.35. The highest BCUT2D eigenvalue weighted by Crippen LogP contribution is 2.34. The van der Waals surface area contributed by atoms with E-state index >= 15 is 0 Å². The van der Waals surface area contributed by atoms with Gasteiger partial charge >= 0.3 is 5.97 Å². The van der Waals surface area contributed by atoms with Gasteiger partial charge in [-0.3, -0.25) is 4.79 Å². The van der Waals surface area contributed by atoms with E-state index in [4.69, 9.17) is 5.11 Å². The molecule has 0 radical (unpaired) electrons. The van der Waals surface area contributed by atoms with Crippen LogP contribution in [0.4, 0.5) is 0 Å². The van der Waals surface area contributed by atoms with Gasteiger partial charge in [0.25, 0.3) is 0 Å². The Balaban J connectivity index is 2.47. The molecule has 2 rings (SSSR count). The number of carboxylic acids is 1. The summed E-state index contributed by atoms with van der Waals surface area (Å²) in [6, 6.07) is 8.01. The number of benzene rings is 1. The highest BCUT2D eigenvalue weighted by Gasteiger charge is 2.21. The summed E-state index contributed by atoms with van der Waals surface area (Å²) in [6.07, 6.45) is 0. The van der Waals surface area contributed by atoms with Crippen molar-refractivity contribution in [3.8, 4) is 10.6 Å². The van der Waals surface area contributed by atoms with Gasteiger partial charge in [0.05, 0.1) is 11.6 Å². The van der Waals surface area contributed by atoms with E-state index in [9.17, 15) is 4.79 Å². The molecule has 3 nitrogen and oxygen atoms in total. The summed E-state index contributed by atoms with van der Waals surface area (Å²) in [5.74, 6) is -1.31. The number of carboxylic acid groups (broad SMARTS) is 1. The van der Waals surface area contributed by atoms with Gasteiger partial charge in [0, 0.05) is 10.4 Å². The molecule has 18 heavy (non-hydrogen) atoms. The Morgan fingerprint density at radius 3 is 2.61 bits per heavy atom. The first kappa shape index (κ1) is 12.8. The normalized spacial score (nSPS) is 12.4. The minimum absolute atomic E-state index is 0.500. The van der Waals surface area contributed by atoms with Crippen molar-refractivity contribution in [1.82, 2.24) is 4.98 Å². The maximum absolute atomic E-state index is 11.0. The van der Waals surface area contributed by atoms with Crippen LogP contribution >= 0.6 is 11.3 Å². The van der Waals surface area contributed by atoms with Crippen molar-refractivity contribution in [2.75, 3.05) is 0 Å². The molecule has 1 aromatic heterocycles. The first-order valence-corrected chi connectivity index (χ1v) is 6.58. The van der Waals surface area contributed by atoms with E-state index in [1.54, 1.807) is 6.92 Å². The van der Waals surface area contributed by atoms with E-state index in [1.807, 2.05) is 38.1 Å². The monoisotopic (exact) mass is 261 g/mol. The van der Waals surface area contributed by atoms with Crippen LogP contribution in [-0.4, -0.2) is 16.1 Å². The van der Waals surface area contributed by atoms with E-state index in [0.29, 0.717) is 0 Å². The molecule has 0 aliphatic heterocycles. The van der Waals surface area contributed by atoms with Crippen LogP contribution in [0, 0.1) is 13.8 Å². The van der Waals surface area contributed by atoms with Gasteiger partial charge in [0.1, 0.15) is 5.01 Å². The Labute approximate surface area is 110 Å². The number of hydrogen-bond acceptors (Lipinski definition) is 3. The lowest BCUT2D eigenvalue weighted by atomic mass is 10.1. The van der Waals surface area contributed by atoms with Gasteiger partial charge in [0.2, 0.25) is 0 Å². The Bertz CT molecular complexity index is 589. The number of aliphatic carboxylic acids is 1. The van der Waals surface area contributed by atoms with Gasteiger partial charge in [-0.1, -0.05) is 24.3 Å². The number of nitrogens with zero attached hydrogens (tertiary/aromatic N) is 1. The van der Waals surface area contributed by atoms with Crippen molar-refractivity contribution in [3.63, 3.8) is 0 Å². The highest BCUT2D eigenvalue weighted by atomic mass is 32.1. The molecule has 1 atom stereocenters. The first-order valence-electron chi connectivity index (χ1n) is 5.77. The maximum atomic E-state index is 11.0. The van der Waals surface area contributed by atoms with E-state index in [-0.39, 0.29) is 0 Å². The predicted molar refractivity (Wildman–Crippen MR) is 73.1 cm³/mol. The molecule has 0 fully saturated rings. The van der Waals surface area contributed by atoms with Crippen LogP contribution in [0.25, 0.3) is 10.6 Å². The van der Waals surface area contributed by atoms with E-state index < -0.39 is 11.9 Å². The van der Waals surface area contributed by atoms with Crippen molar-refractivity contribution in [2.45, 2.75) is 26.7 Å². The molecule has 0 spiro atoms. The topological polar surface area (TPSA) is 50.2 Å². The molecule has 2 aromatic rings. The summed E-state index contributed by atoms with van der Waals surface area (Å²) in [7, 11) is 0. The average Bonchev–Trinajstić information content (AvgIpc) is 2.70. The zero-order valence-corrected chi connectivity index (χ0v) is 11.4. The fraction of sp³-hybridized carbons (Fsp3) is 0.286. The number of hydrogen-bond donors (Lipinski definition) is 1. The molecule has 0 bridgehead atoms. The van der Waals surface area contributed by atoms with Crippen molar-refractivity contribution in [3.05, 3.63) is 40.4 Å². The second kappa shape index (κ2) is 4.90. The molecular weight excluding hydrogens is 246 g/mol. The van der Waals surface area contributed by atoms with Crippen LogP contribution in [0.1, 0.15) is 29.0 Å². The van der Waals surface area contributed by atoms with Crippen molar-refractivity contribution >= 4 is 17.3 Å². The van der Waals surface area contributed by atoms with Gasteiger partial charge in [-0.05, 0) is 26.3 Å². The number of aryl methyl sites for hydroxylation is 2. The SMILES string of the molecule is Cc1ccccc1-c1nc(C)c(C(C)C(=O)O)s1. The van der Waals surface area contributed by atoms with Crippen molar-refractivity contribution in [1.29, 1.82) is 0 Å². The van der Waals surface area contributed by atoms with Gasteiger partial charge in [-0.2, -0.15) is 0 Å². The Morgan fingerprint density at radius 2 is 2.00 bits per heavy atom. The lowest BCUT2D eigenvalue weighted by molar-refractivity contribution is -0.138. The fourth-order valence-electron chi connectivity index (χ4n) is 1.85. The van der Waals surface area contributed by atoms with Gasteiger partial charge in [0.15, 0.2) is 0 Å². The summed E-state index contributed by atoms with van der Waals surface area (Å²) in [5.41, 5.74) is 3.04. The third kappa shape index (κ3) is 2.29. The smallest absolute Gasteiger partial charge is 0.311 e. The van der Waals surface area contributed by atoms with Crippen LogP contribution in [0.2, 0.25) is 0 Å². The molecule has 0 aliphatic rings. The molecule has 0 amide bonds. The van der Waals surface area contributed by atoms with Gasteiger partial charge < -0.3 is 5.11 Å². The molecule has 4 heteroatoms. The van der Waals surface area contributed by atoms with E-state index in [0.717, 1.165) is 26.7 Å². The zero-order chi connectivity index (χ0) is 13.3. The second-order valence-electron chi connectivity index (χ2n) is 4.34.